The van der Waals surface area contributed by atoms with E-state index in [9.17, 15) is 0 Å². The first-order valence-corrected chi connectivity index (χ1v) is 25.7. The topological polar surface area (TPSA) is 3.24 Å². The summed E-state index contributed by atoms with van der Waals surface area (Å²) in [4.78, 5) is 2.53. The smallest absolute Gasteiger partial charge is 0.0714 e. The van der Waals surface area contributed by atoms with Gasteiger partial charge in [0.15, 0.2) is 0 Å². The Bertz CT molecular complexity index is 3680. The van der Waals surface area contributed by atoms with Crippen molar-refractivity contribution >= 4 is 38.6 Å². The van der Waals surface area contributed by atoms with Crippen LogP contribution in [0.25, 0.3) is 66.1 Å². The summed E-state index contributed by atoms with van der Waals surface area (Å²) in [5.41, 5.74) is 20.7. The third-order valence-corrected chi connectivity index (χ3v) is 16.4. The van der Waals surface area contributed by atoms with Crippen molar-refractivity contribution in [3.05, 3.63) is 282 Å². The number of anilines is 3. The maximum atomic E-state index is 2.56. The fourth-order valence-corrected chi connectivity index (χ4v) is 12.4. The van der Waals surface area contributed by atoms with Crippen molar-refractivity contribution in [2.24, 2.45) is 0 Å². The zero-order valence-corrected chi connectivity index (χ0v) is 41.5. The molecule has 0 aromatic heterocycles. The molecular formula is C71H57N. The molecule has 0 atom stereocenters. The van der Waals surface area contributed by atoms with Crippen LogP contribution in [0, 0.1) is 0 Å². The Morgan fingerprint density at radius 3 is 1.31 bits per heavy atom. The van der Waals surface area contributed by atoms with Crippen LogP contribution in [0.1, 0.15) is 73.9 Å². The van der Waals surface area contributed by atoms with Crippen LogP contribution >= 0.6 is 0 Å². The Balaban J connectivity index is 1.09. The van der Waals surface area contributed by atoms with Crippen LogP contribution in [-0.4, -0.2) is 0 Å². The van der Waals surface area contributed by atoms with E-state index in [1.807, 2.05) is 0 Å². The third-order valence-electron chi connectivity index (χ3n) is 16.4. The van der Waals surface area contributed by atoms with E-state index in [0.717, 1.165) is 23.5 Å². The Labute approximate surface area is 424 Å². The molecule has 72 heavy (non-hydrogen) atoms. The van der Waals surface area contributed by atoms with E-state index in [2.05, 4.69) is 281 Å². The summed E-state index contributed by atoms with van der Waals surface area (Å²) >= 11 is 0. The summed E-state index contributed by atoms with van der Waals surface area (Å²) in [5.74, 6) is 0. The molecule has 2 aliphatic rings. The summed E-state index contributed by atoms with van der Waals surface area (Å²) in [5, 5.41) is 4.98. The molecule has 0 saturated carbocycles. The van der Waals surface area contributed by atoms with Gasteiger partial charge in [-0.1, -0.05) is 228 Å². The number of fused-ring (bicyclic) bond motifs is 6. The molecule has 11 aromatic rings. The highest BCUT2D eigenvalue weighted by atomic mass is 15.1. The van der Waals surface area contributed by atoms with E-state index >= 15 is 0 Å². The molecule has 0 bridgehead atoms. The van der Waals surface area contributed by atoms with Gasteiger partial charge in [0.25, 0.3) is 0 Å². The van der Waals surface area contributed by atoms with Gasteiger partial charge in [0.05, 0.1) is 11.1 Å². The first kappa shape index (κ1) is 43.7. The van der Waals surface area contributed by atoms with E-state index in [4.69, 9.17) is 0 Å². The number of benzene rings is 11. The lowest BCUT2D eigenvalue weighted by Gasteiger charge is -2.42. The minimum Gasteiger partial charge on any atom is -0.310 e. The molecule has 0 heterocycles. The van der Waals surface area contributed by atoms with Gasteiger partial charge in [-0.15, -0.1) is 0 Å². The second-order valence-corrected chi connectivity index (χ2v) is 21.5. The highest BCUT2D eigenvalue weighted by Crippen LogP contribution is 2.59. The van der Waals surface area contributed by atoms with E-state index in [1.165, 1.54) is 106 Å². The van der Waals surface area contributed by atoms with Crippen molar-refractivity contribution in [1.82, 2.24) is 0 Å². The van der Waals surface area contributed by atoms with Crippen molar-refractivity contribution in [3.8, 4) is 44.5 Å². The van der Waals surface area contributed by atoms with E-state index in [0.29, 0.717) is 0 Å². The quantitative estimate of drug-likeness (QED) is 0.147. The second-order valence-electron chi connectivity index (χ2n) is 21.5. The second kappa shape index (κ2) is 17.0. The Morgan fingerprint density at radius 1 is 0.292 bits per heavy atom. The molecular weight excluding hydrogens is 867 g/mol. The largest absolute Gasteiger partial charge is 0.310 e. The predicted octanol–water partition coefficient (Wildman–Crippen LogP) is 19.2. The maximum Gasteiger partial charge on any atom is 0.0714 e. The van der Waals surface area contributed by atoms with E-state index < -0.39 is 5.41 Å². The summed E-state index contributed by atoms with van der Waals surface area (Å²) in [7, 11) is 0. The SMILES string of the molecule is CC1(C)CCC(C)(C)c2cc(-c3cc4c(cc3N(c3ccc(-c5ccc6ccccc6c5)cc3)c3ccc(-c5ccc6ccccc6c5)cc3)C(c3ccccc3)(c3ccccc3)c3ccccc3-4)ccc21. The van der Waals surface area contributed by atoms with Crippen LogP contribution in [0.5, 0.6) is 0 Å². The summed E-state index contributed by atoms with van der Waals surface area (Å²) in [6.45, 7) is 9.74. The number of hydrogen-bond donors (Lipinski definition) is 0. The van der Waals surface area contributed by atoms with Gasteiger partial charge in [0, 0.05) is 16.9 Å². The summed E-state index contributed by atoms with van der Waals surface area (Å²) in [6.07, 6.45) is 2.32. The molecule has 0 N–H and O–H groups in total. The van der Waals surface area contributed by atoms with Crippen molar-refractivity contribution in [2.75, 3.05) is 4.90 Å². The Morgan fingerprint density at radius 2 is 0.750 bits per heavy atom. The lowest BCUT2D eigenvalue weighted by atomic mass is 9.63. The standard InChI is InChI=1S/C71H57N/c1-69(2)41-42-70(3,4)67-45-56(35-40-65(67)69)62-46-63-61-25-15-16-26-64(61)71(57-21-7-5-8-22-57,58-23-9-6-10-24-58)66(63)47-68(62)72(59-36-31-50(32-37-59)54-29-27-48-17-11-13-19-52(48)43-54)60-38-33-51(34-39-60)55-30-28-49-18-12-14-20-53(49)44-55/h5-40,43-47H,41-42H2,1-4H3. The number of rotatable bonds is 8. The highest BCUT2D eigenvalue weighted by molar-refractivity contribution is 5.98. The van der Waals surface area contributed by atoms with Gasteiger partial charge >= 0.3 is 0 Å². The monoisotopic (exact) mass is 923 g/mol. The van der Waals surface area contributed by atoms with E-state index in [1.54, 1.807) is 0 Å². The molecule has 11 aromatic carbocycles. The molecule has 346 valence electrons. The highest BCUT2D eigenvalue weighted by Gasteiger charge is 2.47. The molecule has 2 aliphatic carbocycles. The fourth-order valence-electron chi connectivity index (χ4n) is 12.4. The van der Waals surface area contributed by atoms with Crippen molar-refractivity contribution in [2.45, 2.75) is 56.8 Å². The number of hydrogen-bond acceptors (Lipinski definition) is 1. The van der Waals surface area contributed by atoms with Crippen LogP contribution in [0.4, 0.5) is 17.1 Å². The zero-order valence-electron chi connectivity index (χ0n) is 41.5. The fraction of sp³-hybridized carbons (Fsp3) is 0.127. The lowest BCUT2D eigenvalue weighted by molar-refractivity contribution is 0.332. The van der Waals surface area contributed by atoms with Gasteiger partial charge < -0.3 is 4.90 Å². The van der Waals surface area contributed by atoms with Gasteiger partial charge in [0.2, 0.25) is 0 Å². The molecule has 1 nitrogen and oxygen atoms in total. The van der Waals surface area contributed by atoms with Gasteiger partial charge in [-0.05, 0) is 166 Å². The van der Waals surface area contributed by atoms with Crippen LogP contribution < -0.4 is 4.90 Å². The molecule has 0 unspecified atom stereocenters. The third kappa shape index (κ3) is 7.13. The van der Waals surface area contributed by atoms with Gasteiger partial charge in [-0.25, -0.2) is 0 Å². The summed E-state index contributed by atoms with van der Waals surface area (Å²) < 4.78 is 0. The molecule has 1 heteroatoms. The first-order chi connectivity index (χ1) is 35.2. The average molecular weight is 924 g/mol. The molecule has 0 radical (unpaired) electrons. The minimum absolute atomic E-state index is 0.0387. The van der Waals surface area contributed by atoms with Crippen LogP contribution in [0.3, 0.4) is 0 Å². The average Bonchev–Trinajstić information content (AvgIpc) is 3.72. The molecule has 0 aliphatic heterocycles. The molecule has 0 saturated heterocycles. The molecule has 13 rings (SSSR count). The zero-order chi connectivity index (χ0) is 48.6. The Kier molecular flexibility index (Phi) is 10.3. The normalized spacial score (nSPS) is 14.9. The van der Waals surface area contributed by atoms with Crippen LogP contribution in [-0.2, 0) is 16.2 Å². The van der Waals surface area contributed by atoms with Crippen molar-refractivity contribution in [3.63, 3.8) is 0 Å². The Hall–Kier alpha value is -8.26. The summed E-state index contributed by atoms with van der Waals surface area (Å²) in [6, 6.07) is 93.5. The first-order valence-electron chi connectivity index (χ1n) is 25.7. The van der Waals surface area contributed by atoms with Gasteiger partial charge in [-0.2, -0.15) is 0 Å². The maximum absolute atomic E-state index is 2.56. The number of nitrogens with zero attached hydrogens (tertiary/aromatic N) is 1. The molecule has 0 fully saturated rings. The van der Waals surface area contributed by atoms with Crippen molar-refractivity contribution in [1.29, 1.82) is 0 Å². The lowest BCUT2D eigenvalue weighted by Crippen LogP contribution is -2.33. The van der Waals surface area contributed by atoms with Gasteiger partial charge in [0.1, 0.15) is 0 Å². The van der Waals surface area contributed by atoms with E-state index in [-0.39, 0.29) is 10.8 Å². The minimum atomic E-state index is -0.574. The molecule has 0 amide bonds. The van der Waals surface area contributed by atoms with Gasteiger partial charge in [-0.3, -0.25) is 0 Å². The van der Waals surface area contributed by atoms with Crippen molar-refractivity contribution < 1.29 is 0 Å². The van der Waals surface area contributed by atoms with Crippen LogP contribution in [0.2, 0.25) is 0 Å². The predicted molar refractivity (Wildman–Crippen MR) is 305 cm³/mol. The molecule has 0 spiro atoms. The van der Waals surface area contributed by atoms with Crippen LogP contribution in [0.15, 0.2) is 249 Å².